The maximum absolute atomic E-state index is 4.32. The van der Waals surface area contributed by atoms with Gasteiger partial charge in [0, 0.05) is 44.3 Å². The molecule has 1 fully saturated rings. The Morgan fingerprint density at radius 3 is 3.25 bits per heavy atom. The normalized spacial score (nSPS) is 22.7. The van der Waals surface area contributed by atoms with Crippen molar-refractivity contribution in [1.82, 2.24) is 19.6 Å². The van der Waals surface area contributed by atoms with Gasteiger partial charge in [0.2, 0.25) is 0 Å². The molecule has 1 aliphatic rings. The highest BCUT2D eigenvalue weighted by Gasteiger charge is 2.20. The monoisotopic (exact) mass is 216 g/mol. The zero-order chi connectivity index (χ0) is 11.0. The Morgan fingerprint density at radius 2 is 2.38 bits per heavy atom. The average Bonchev–Trinajstić information content (AvgIpc) is 2.76. The Morgan fingerprint density at radius 1 is 1.44 bits per heavy atom. The molecule has 4 heteroatoms. The van der Waals surface area contributed by atoms with Crippen LogP contribution >= 0.6 is 0 Å². The first-order valence-corrected chi connectivity index (χ1v) is 5.68. The van der Waals surface area contributed by atoms with Crippen LogP contribution < -0.4 is 5.32 Å². The SMILES string of the molecule is CN1CCNCC1c1ccn2ccnc2c1. The summed E-state index contributed by atoms with van der Waals surface area (Å²) in [7, 11) is 2.18. The minimum atomic E-state index is 0.468. The molecule has 84 valence electrons. The van der Waals surface area contributed by atoms with E-state index in [1.54, 1.807) is 0 Å². The van der Waals surface area contributed by atoms with Crippen LogP contribution in [0.4, 0.5) is 0 Å². The van der Waals surface area contributed by atoms with Gasteiger partial charge in [-0.05, 0) is 24.7 Å². The van der Waals surface area contributed by atoms with E-state index in [1.165, 1.54) is 5.56 Å². The highest BCUT2D eigenvalue weighted by molar-refractivity contribution is 5.42. The number of pyridine rings is 1. The number of aromatic nitrogens is 2. The summed E-state index contributed by atoms with van der Waals surface area (Å²) < 4.78 is 2.04. The lowest BCUT2D eigenvalue weighted by Crippen LogP contribution is -2.43. The summed E-state index contributed by atoms with van der Waals surface area (Å²) in [5.41, 5.74) is 2.37. The summed E-state index contributed by atoms with van der Waals surface area (Å²) >= 11 is 0. The van der Waals surface area contributed by atoms with Gasteiger partial charge >= 0.3 is 0 Å². The summed E-state index contributed by atoms with van der Waals surface area (Å²) in [5.74, 6) is 0. The molecule has 16 heavy (non-hydrogen) atoms. The fourth-order valence-electron chi connectivity index (χ4n) is 2.31. The Labute approximate surface area is 94.9 Å². The van der Waals surface area contributed by atoms with Crippen molar-refractivity contribution >= 4 is 5.65 Å². The number of hydrogen-bond donors (Lipinski definition) is 1. The Balaban J connectivity index is 1.97. The van der Waals surface area contributed by atoms with Gasteiger partial charge in [-0.3, -0.25) is 4.90 Å². The van der Waals surface area contributed by atoms with E-state index in [-0.39, 0.29) is 0 Å². The Bertz CT molecular complexity index is 490. The molecule has 0 bridgehead atoms. The van der Waals surface area contributed by atoms with Crippen molar-refractivity contribution in [2.24, 2.45) is 0 Å². The van der Waals surface area contributed by atoms with Crippen molar-refractivity contribution in [2.45, 2.75) is 6.04 Å². The van der Waals surface area contributed by atoms with E-state index in [4.69, 9.17) is 0 Å². The van der Waals surface area contributed by atoms with Crippen LogP contribution in [0.25, 0.3) is 5.65 Å². The summed E-state index contributed by atoms with van der Waals surface area (Å²) in [6.07, 6.45) is 5.89. The molecule has 3 heterocycles. The maximum Gasteiger partial charge on any atom is 0.136 e. The van der Waals surface area contributed by atoms with Crippen LogP contribution in [0.1, 0.15) is 11.6 Å². The van der Waals surface area contributed by atoms with Gasteiger partial charge in [-0.2, -0.15) is 0 Å². The van der Waals surface area contributed by atoms with E-state index in [0.29, 0.717) is 6.04 Å². The number of nitrogens with zero attached hydrogens (tertiary/aromatic N) is 3. The van der Waals surface area contributed by atoms with E-state index in [0.717, 1.165) is 25.3 Å². The van der Waals surface area contributed by atoms with Crippen LogP contribution in [0.3, 0.4) is 0 Å². The third-order valence-corrected chi connectivity index (χ3v) is 3.32. The number of hydrogen-bond acceptors (Lipinski definition) is 3. The van der Waals surface area contributed by atoms with Gasteiger partial charge in [0.05, 0.1) is 0 Å². The molecule has 1 atom stereocenters. The first-order valence-electron chi connectivity index (χ1n) is 5.68. The number of fused-ring (bicyclic) bond motifs is 1. The van der Waals surface area contributed by atoms with E-state index >= 15 is 0 Å². The Kier molecular flexibility index (Phi) is 2.38. The van der Waals surface area contributed by atoms with Crippen molar-refractivity contribution in [1.29, 1.82) is 0 Å². The summed E-state index contributed by atoms with van der Waals surface area (Å²) in [4.78, 5) is 6.72. The second-order valence-corrected chi connectivity index (χ2v) is 4.35. The topological polar surface area (TPSA) is 32.6 Å². The third kappa shape index (κ3) is 1.60. The van der Waals surface area contributed by atoms with Gasteiger partial charge in [-0.1, -0.05) is 0 Å². The standard InChI is InChI=1S/C12H16N4/c1-15-6-3-13-9-11(15)10-2-5-16-7-4-14-12(16)8-10/h2,4-5,7-8,11,13H,3,6,9H2,1H3. The molecule has 4 nitrogen and oxygen atoms in total. The predicted molar refractivity (Wildman–Crippen MR) is 63.4 cm³/mol. The third-order valence-electron chi connectivity index (χ3n) is 3.32. The molecule has 3 rings (SSSR count). The van der Waals surface area contributed by atoms with Crippen LogP contribution in [0.15, 0.2) is 30.7 Å². The quantitative estimate of drug-likeness (QED) is 0.769. The van der Waals surface area contributed by atoms with Crippen LogP contribution in [0.2, 0.25) is 0 Å². The fraction of sp³-hybridized carbons (Fsp3) is 0.417. The molecule has 1 aliphatic heterocycles. The molecule has 0 saturated carbocycles. The summed E-state index contributed by atoms with van der Waals surface area (Å²) in [6, 6.07) is 4.83. The van der Waals surface area contributed by atoms with Gasteiger partial charge in [-0.25, -0.2) is 4.98 Å². The lowest BCUT2D eigenvalue weighted by Gasteiger charge is -2.33. The zero-order valence-corrected chi connectivity index (χ0v) is 9.43. The van der Waals surface area contributed by atoms with E-state index in [1.807, 2.05) is 16.8 Å². The first-order chi connectivity index (χ1) is 7.84. The summed E-state index contributed by atoms with van der Waals surface area (Å²) in [5, 5.41) is 3.44. The smallest absolute Gasteiger partial charge is 0.136 e. The second kappa shape index (κ2) is 3.88. The second-order valence-electron chi connectivity index (χ2n) is 4.35. The van der Waals surface area contributed by atoms with Crippen molar-refractivity contribution in [3.8, 4) is 0 Å². The fourth-order valence-corrected chi connectivity index (χ4v) is 2.31. The highest BCUT2D eigenvalue weighted by Crippen LogP contribution is 2.21. The molecule has 0 radical (unpaired) electrons. The molecular weight excluding hydrogens is 200 g/mol. The summed E-state index contributed by atoms with van der Waals surface area (Å²) in [6.45, 7) is 3.20. The lowest BCUT2D eigenvalue weighted by atomic mass is 10.1. The van der Waals surface area contributed by atoms with E-state index < -0.39 is 0 Å². The number of likely N-dealkylation sites (N-methyl/N-ethyl adjacent to an activating group) is 1. The van der Waals surface area contributed by atoms with Gasteiger partial charge in [0.1, 0.15) is 5.65 Å². The number of rotatable bonds is 1. The highest BCUT2D eigenvalue weighted by atomic mass is 15.2. The minimum Gasteiger partial charge on any atom is -0.314 e. The average molecular weight is 216 g/mol. The molecule has 1 N–H and O–H groups in total. The van der Waals surface area contributed by atoms with Gasteiger partial charge < -0.3 is 9.72 Å². The molecule has 0 aliphatic carbocycles. The Hall–Kier alpha value is -1.39. The molecule has 2 aromatic heterocycles. The van der Waals surface area contributed by atoms with Crippen molar-refractivity contribution in [3.05, 3.63) is 36.3 Å². The molecule has 0 spiro atoms. The molecule has 1 saturated heterocycles. The van der Waals surface area contributed by atoms with Crippen molar-refractivity contribution in [3.63, 3.8) is 0 Å². The van der Waals surface area contributed by atoms with Gasteiger partial charge in [0.15, 0.2) is 0 Å². The number of piperazine rings is 1. The first kappa shape index (κ1) is 9.81. The molecule has 1 unspecified atom stereocenters. The largest absolute Gasteiger partial charge is 0.314 e. The molecular formula is C12H16N4. The minimum absolute atomic E-state index is 0.468. The van der Waals surface area contributed by atoms with E-state index in [2.05, 4.69) is 40.6 Å². The lowest BCUT2D eigenvalue weighted by molar-refractivity contribution is 0.202. The van der Waals surface area contributed by atoms with Crippen molar-refractivity contribution < 1.29 is 0 Å². The molecule has 0 amide bonds. The van der Waals surface area contributed by atoms with Gasteiger partial charge in [0.25, 0.3) is 0 Å². The van der Waals surface area contributed by atoms with Crippen LogP contribution in [0.5, 0.6) is 0 Å². The van der Waals surface area contributed by atoms with E-state index in [9.17, 15) is 0 Å². The maximum atomic E-state index is 4.32. The molecule has 2 aromatic rings. The van der Waals surface area contributed by atoms with Crippen LogP contribution in [-0.2, 0) is 0 Å². The predicted octanol–water partition coefficient (Wildman–Crippen LogP) is 0.910. The van der Waals surface area contributed by atoms with Crippen LogP contribution in [0, 0.1) is 0 Å². The molecule has 0 aromatic carbocycles. The number of imidazole rings is 1. The zero-order valence-electron chi connectivity index (χ0n) is 9.43. The van der Waals surface area contributed by atoms with Crippen molar-refractivity contribution in [2.75, 3.05) is 26.7 Å². The van der Waals surface area contributed by atoms with Gasteiger partial charge in [-0.15, -0.1) is 0 Å². The number of nitrogens with one attached hydrogen (secondary N) is 1. The van der Waals surface area contributed by atoms with Crippen LogP contribution in [-0.4, -0.2) is 41.0 Å².